The molecule has 72 valence electrons. The topological polar surface area (TPSA) is 38.1 Å². The van der Waals surface area contributed by atoms with E-state index >= 15 is 0 Å². The van der Waals surface area contributed by atoms with Gasteiger partial charge in [-0.05, 0) is 19.8 Å². The largest absolute Gasteiger partial charge is 0.384 e. The summed E-state index contributed by atoms with van der Waals surface area (Å²) in [6.07, 6.45) is 5.82. The molecular formula is C10H16N2O. The number of rotatable bonds is 1. The summed E-state index contributed by atoms with van der Waals surface area (Å²) in [7, 11) is 1.97. The predicted molar refractivity (Wildman–Crippen MR) is 50.3 cm³/mol. The number of nitrogens with zero attached hydrogens (tertiary/aromatic N) is 2. The van der Waals surface area contributed by atoms with Crippen LogP contribution in [0.25, 0.3) is 0 Å². The minimum Gasteiger partial charge on any atom is -0.384 e. The van der Waals surface area contributed by atoms with Crippen molar-refractivity contribution in [2.45, 2.75) is 38.2 Å². The van der Waals surface area contributed by atoms with Crippen LogP contribution in [-0.2, 0) is 12.6 Å². The normalized spacial score (nSPS) is 20.8. The average molecular weight is 180 g/mol. The molecule has 2 rings (SSSR count). The van der Waals surface area contributed by atoms with Gasteiger partial charge in [0.1, 0.15) is 11.4 Å². The molecule has 1 aromatic heterocycles. The zero-order valence-electron chi connectivity index (χ0n) is 8.25. The van der Waals surface area contributed by atoms with E-state index in [0.717, 1.165) is 37.2 Å². The summed E-state index contributed by atoms with van der Waals surface area (Å²) in [5.41, 5.74) is 0.373. The Bertz CT molecular complexity index is 311. The van der Waals surface area contributed by atoms with Crippen molar-refractivity contribution < 1.29 is 5.11 Å². The summed E-state index contributed by atoms with van der Waals surface area (Å²) in [6.45, 7) is 1.96. The van der Waals surface area contributed by atoms with Gasteiger partial charge in [0.25, 0.3) is 0 Å². The molecule has 0 amide bonds. The van der Waals surface area contributed by atoms with E-state index in [1.807, 2.05) is 18.5 Å². The summed E-state index contributed by atoms with van der Waals surface area (Å²) in [4.78, 5) is 4.21. The standard InChI is InChI=1S/C10H16N2O/c1-8-11-7-9(12(8)2)10(13)5-3-4-6-10/h7,13H,3-6H2,1-2H3. The summed E-state index contributed by atoms with van der Waals surface area (Å²) >= 11 is 0. The fourth-order valence-electron chi connectivity index (χ4n) is 2.15. The Morgan fingerprint density at radius 3 is 2.54 bits per heavy atom. The van der Waals surface area contributed by atoms with Crippen molar-refractivity contribution in [2.24, 2.45) is 7.05 Å². The lowest BCUT2D eigenvalue weighted by molar-refractivity contribution is 0.0369. The molecule has 0 bridgehead atoms. The zero-order valence-corrected chi connectivity index (χ0v) is 8.25. The first kappa shape index (κ1) is 8.75. The molecular weight excluding hydrogens is 164 g/mol. The molecule has 0 spiro atoms. The van der Waals surface area contributed by atoms with E-state index in [2.05, 4.69) is 4.98 Å². The molecule has 0 unspecified atom stereocenters. The molecule has 3 heteroatoms. The number of hydrogen-bond donors (Lipinski definition) is 1. The van der Waals surface area contributed by atoms with Crippen molar-refractivity contribution in [1.82, 2.24) is 9.55 Å². The fourth-order valence-corrected chi connectivity index (χ4v) is 2.15. The number of aliphatic hydroxyl groups is 1. The number of imidazole rings is 1. The molecule has 13 heavy (non-hydrogen) atoms. The maximum Gasteiger partial charge on any atom is 0.106 e. The third-order valence-electron chi connectivity index (χ3n) is 3.13. The molecule has 1 aliphatic carbocycles. The summed E-state index contributed by atoms with van der Waals surface area (Å²) in [5, 5.41) is 10.3. The van der Waals surface area contributed by atoms with Crippen LogP contribution in [0.4, 0.5) is 0 Å². The molecule has 1 N–H and O–H groups in total. The van der Waals surface area contributed by atoms with Crippen LogP contribution in [0.2, 0.25) is 0 Å². The SMILES string of the molecule is Cc1ncc(C2(O)CCCC2)n1C. The molecule has 0 atom stereocenters. The smallest absolute Gasteiger partial charge is 0.106 e. The Kier molecular flexibility index (Phi) is 1.91. The molecule has 0 saturated heterocycles. The molecule has 1 aliphatic rings. The lowest BCUT2D eigenvalue weighted by atomic mass is 9.99. The van der Waals surface area contributed by atoms with Gasteiger partial charge in [0.05, 0.1) is 11.9 Å². The maximum atomic E-state index is 10.3. The van der Waals surface area contributed by atoms with Crippen LogP contribution in [-0.4, -0.2) is 14.7 Å². The van der Waals surface area contributed by atoms with E-state index in [1.165, 1.54) is 0 Å². The molecule has 1 aromatic rings. The van der Waals surface area contributed by atoms with Crippen LogP contribution >= 0.6 is 0 Å². The minimum absolute atomic E-state index is 0.601. The van der Waals surface area contributed by atoms with Crippen molar-refractivity contribution in [2.75, 3.05) is 0 Å². The Morgan fingerprint density at radius 1 is 1.46 bits per heavy atom. The van der Waals surface area contributed by atoms with Crippen molar-refractivity contribution >= 4 is 0 Å². The van der Waals surface area contributed by atoms with Gasteiger partial charge in [0.2, 0.25) is 0 Å². The van der Waals surface area contributed by atoms with Crippen LogP contribution < -0.4 is 0 Å². The summed E-state index contributed by atoms with van der Waals surface area (Å²) < 4.78 is 1.99. The van der Waals surface area contributed by atoms with Crippen LogP contribution in [0, 0.1) is 6.92 Å². The highest BCUT2D eigenvalue weighted by Crippen LogP contribution is 2.38. The monoisotopic (exact) mass is 180 g/mol. The van der Waals surface area contributed by atoms with Gasteiger partial charge in [-0.25, -0.2) is 4.98 Å². The Hall–Kier alpha value is -0.830. The van der Waals surface area contributed by atoms with Crippen LogP contribution in [0.15, 0.2) is 6.20 Å². The number of hydrogen-bond acceptors (Lipinski definition) is 2. The molecule has 0 radical (unpaired) electrons. The number of aromatic nitrogens is 2. The Morgan fingerprint density at radius 2 is 2.08 bits per heavy atom. The van der Waals surface area contributed by atoms with Crippen LogP contribution in [0.3, 0.4) is 0 Å². The quantitative estimate of drug-likeness (QED) is 0.711. The van der Waals surface area contributed by atoms with Crippen molar-refractivity contribution in [3.8, 4) is 0 Å². The van der Waals surface area contributed by atoms with Gasteiger partial charge in [-0.15, -0.1) is 0 Å². The molecule has 1 saturated carbocycles. The first-order valence-electron chi connectivity index (χ1n) is 4.85. The van der Waals surface area contributed by atoms with Gasteiger partial charge < -0.3 is 9.67 Å². The first-order chi connectivity index (χ1) is 6.13. The fraction of sp³-hybridized carbons (Fsp3) is 0.700. The first-order valence-corrected chi connectivity index (χ1v) is 4.85. The third-order valence-corrected chi connectivity index (χ3v) is 3.13. The van der Waals surface area contributed by atoms with Crippen molar-refractivity contribution in [1.29, 1.82) is 0 Å². The van der Waals surface area contributed by atoms with E-state index < -0.39 is 5.60 Å². The van der Waals surface area contributed by atoms with Gasteiger partial charge >= 0.3 is 0 Å². The molecule has 0 aliphatic heterocycles. The van der Waals surface area contributed by atoms with E-state index in [4.69, 9.17) is 0 Å². The lowest BCUT2D eigenvalue weighted by Gasteiger charge is -2.22. The van der Waals surface area contributed by atoms with Crippen LogP contribution in [0.1, 0.15) is 37.2 Å². The Balaban J connectivity index is 2.39. The van der Waals surface area contributed by atoms with Gasteiger partial charge in [-0.2, -0.15) is 0 Å². The highest BCUT2D eigenvalue weighted by atomic mass is 16.3. The molecule has 0 aromatic carbocycles. The lowest BCUT2D eigenvalue weighted by Crippen LogP contribution is -2.24. The third kappa shape index (κ3) is 1.27. The second-order valence-electron chi connectivity index (χ2n) is 3.99. The van der Waals surface area contributed by atoms with E-state index in [9.17, 15) is 5.11 Å². The number of aryl methyl sites for hydroxylation is 1. The van der Waals surface area contributed by atoms with Crippen LogP contribution in [0.5, 0.6) is 0 Å². The van der Waals surface area contributed by atoms with E-state index in [-0.39, 0.29) is 0 Å². The van der Waals surface area contributed by atoms with Gasteiger partial charge in [0.15, 0.2) is 0 Å². The van der Waals surface area contributed by atoms with Crippen molar-refractivity contribution in [3.63, 3.8) is 0 Å². The summed E-state index contributed by atoms with van der Waals surface area (Å²) in [5.74, 6) is 0.968. The molecule has 1 fully saturated rings. The maximum absolute atomic E-state index is 10.3. The summed E-state index contributed by atoms with van der Waals surface area (Å²) in [6, 6.07) is 0. The highest BCUT2D eigenvalue weighted by Gasteiger charge is 2.35. The second-order valence-corrected chi connectivity index (χ2v) is 3.99. The second kappa shape index (κ2) is 2.84. The highest BCUT2D eigenvalue weighted by molar-refractivity contribution is 5.14. The predicted octanol–water partition coefficient (Wildman–Crippen LogP) is 1.49. The molecule has 1 heterocycles. The van der Waals surface area contributed by atoms with Gasteiger partial charge in [-0.1, -0.05) is 12.8 Å². The zero-order chi connectivity index (χ0) is 9.47. The van der Waals surface area contributed by atoms with E-state index in [0.29, 0.717) is 0 Å². The van der Waals surface area contributed by atoms with Crippen molar-refractivity contribution in [3.05, 3.63) is 17.7 Å². The van der Waals surface area contributed by atoms with Gasteiger partial charge in [-0.3, -0.25) is 0 Å². The average Bonchev–Trinajstić information content (AvgIpc) is 2.63. The molecule has 3 nitrogen and oxygen atoms in total. The van der Waals surface area contributed by atoms with Gasteiger partial charge in [0, 0.05) is 7.05 Å². The minimum atomic E-state index is -0.601. The van der Waals surface area contributed by atoms with E-state index in [1.54, 1.807) is 6.20 Å². The Labute approximate surface area is 78.4 Å².